The maximum Gasteiger partial charge on any atom is 0.325 e. The lowest BCUT2D eigenvalue weighted by Crippen LogP contribution is -2.56. The first kappa shape index (κ1) is 18.4. The van der Waals surface area contributed by atoms with E-state index < -0.39 is 5.54 Å². The molecule has 1 saturated heterocycles. The Kier molecular flexibility index (Phi) is 7.10. The van der Waals surface area contributed by atoms with Gasteiger partial charge in [0.05, 0.1) is 7.11 Å². The van der Waals surface area contributed by atoms with Crippen molar-refractivity contribution in [1.29, 1.82) is 0 Å². The molecule has 0 spiro atoms. The van der Waals surface area contributed by atoms with Gasteiger partial charge in [-0.25, -0.2) is 0 Å². The average Bonchev–Trinajstić information content (AvgIpc) is 2.45. The molecule has 0 bridgehead atoms. The number of nitrogens with zero attached hydrogens (tertiary/aromatic N) is 1. The average molecular weight is 300 g/mol. The standard InChI is InChI=1S/C16H32N2O3/c1-12(2)17-16(4,15(19)20-6)11-13(3)18(5)14-7-9-21-10-8-14/h12-14,17H,7-11H2,1-6H3. The predicted molar refractivity (Wildman–Crippen MR) is 84.4 cm³/mol. The molecule has 5 heteroatoms. The van der Waals surface area contributed by atoms with Crippen molar-refractivity contribution in [3.05, 3.63) is 0 Å². The highest BCUT2D eigenvalue weighted by atomic mass is 16.5. The number of esters is 1. The van der Waals surface area contributed by atoms with Crippen LogP contribution in [-0.2, 0) is 14.3 Å². The van der Waals surface area contributed by atoms with Crippen LogP contribution in [0.3, 0.4) is 0 Å². The summed E-state index contributed by atoms with van der Waals surface area (Å²) in [6, 6.07) is 1.06. The Bertz CT molecular complexity index is 329. The van der Waals surface area contributed by atoms with Gasteiger partial charge in [-0.05, 0) is 54.0 Å². The van der Waals surface area contributed by atoms with Gasteiger partial charge in [0.1, 0.15) is 5.54 Å². The second-order valence-electron chi connectivity index (χ2n) is 6.68. The van der Waals surface area contributed by atoms with Crippen molar-refractivity contribution in [2.24, 2.45) is 0 Å². The molecule has 0 aliphatic carbocycles. The molecular formula is C16H32N2O3. The quantitative estimate of drug-likeness (QED) is 0.727. The van der Waals surface area contributed by atoms with E-state index in [1.54, 1.807) is 0 Å². The fraction of sp³-hybridized carbons (Fsp3) is 0.938. The van der Waals surface area contributed by atoms with Gasteiger partial charge in [-0.15, -0.1) is 0 Å². The molecule has 1 rings (SSSR count). The molecule has 2 atom stereocenters. The Morgan fingerprint density at radius 1 is 1.38 bits per heavy atom. The largest absolute Gasteiger partial charge is 0.468 e. The van der Waals surface area contributed by atoms with Crippen molar-refractivity contribution in [1.82, 2.24) is 10.2 Å². The highest BCUT2D eigenvalue weighted by Crippen LogP contribution is 2.22. The van der Waals surface area contributed by atoms with Crippen molar-refractivity contribution in [2.45, 2.75) is 70.6 Å². The highest BCUT2D eigenvalue weighted by Gasteiger charge is 2.38. The van der Waals surface area contributed by atoms with Crippen LogP contribution in [-0.4, -0.2) is 61.9 Å². The van der Waals surface area contributed by atoms with E-state index in [4.69, 9.17) is 9.47 Å². The Morgan fingerprint density at radius 3 is 2.43 bits per heavy atom. The van der Waals surface area contributed by atoms with Crippen LogP contribution >= 0.6 is 0 Å². The Labute approximate surface area is 129 Å². The molecule has 1 aliphatic heterocycles. The van der Waals surface area contributed by atoms with Crippen LogP contribution in [0, 0.1) is 0 Å². The summed E-state index contributed by atoms with van der Waals surface area (Å²) in [4.78, 5) is 14.6. The fourth-order valence-electron chi connectivity index (χ4n) is 3.25. The number of hydrogen-bond donors (Lipinski definition) is 1. The fourth-order valence-corrected chi connectivity index (χ4v) is 3.25. The van der Waals surface area contributed by atoms with Crippen molar-refractivity contribution in [3.63, 3.8) is 0 Å². The minimum absolute atomic E-state index is 0.191. The first-order valence-electron chi connectivity index (χ1n) is 7.96. The summed E-state index contributed by atoms with van der Waals surface area (Å²) in [7, 11) is 3.60. The predicted octanol–water partition coefficient (Wildman–Crippen LogP) is 1.81. The molecule has 2 unspecified atom stereocenters. The van der Waals surface area contributed by atoms with Crippen molar-refractivity contribution < 1.29 is 14.3 Å². The minimum atomic E-state index is -0.651. The number of carbonyl (C=O) groups is 1. The molecule has 0 radical (unpaired) electrons. The third-order valence-corrected chi connectivity index (χ3v) is 4.41. The molecule has 1 aliphatic rings. The molecule has 0 aromatic heterocycles. The van der Waals surface area contributed by atoms with E-state index in [1.807, 2.05) is 20.8 Å². The first-order chi connectivity index (χ1) is 9.80. The highest BCUT2D eigenvalue weighted by molar-refractivity contribution is 5.80. The normalized spacial score (nSPS) is 21.3. The van der Waals surface area contributed by atoms with E-state index in [1.165, 1.54) is 7.11 Å². The van der Waals surface area contributed by atoms with Gasteiger partial charge < -0.3 is 14.4 Å². The lowest BCUT2D eigenvalue weighted by atomic mass is 9.91. The zero-order valence-corrected chi connectivity index (χ0v) is 14.4. The summed E-state index contributed by atoms with van der Waals surface area (Å²) in [6.07, 6.45) is 2.85. The SMILES string of the molecule is COC(=O)C(C)(CC(C)N(C)C1CCOCC1)NC(C)C. The van der Waals surface area contributed by atoms with E-state index >= 15 is 0 Å². The molecule has 1 N–H and O–H groups in total. The van der Waals surface area contributed by atoms with Crippen LogP contribution in [0.1, 0.15) is 47.0 Å². The molecule has 21 heavy (non-hydrogen) atoms. The van der Waals surface area contributed by atoms with Gasteiger partial charge in [0.2, 0.25) is 0 Å². The molecule has 0 aromatic carbocycles. The third-order valence-electron chi connectivity index (χ3n) is 4.41. The van der Waals surface area contributed by atoms with E-state index in [2.05, 4.69) is 24.2 Å². The number of nitrogens with one attached hydrogen (secondary N) is 1. The molecule has 1 heterocycles. The van der Waals surface area contributed by atoms with Crippen molar-refractivity contribution in [2.75, 3.05) is 27.4 Å². The van der Waals surface area contributed by atoms with Gasteiger partial charge >= 0.3 is 5.97 Å². The number of hydrogen-bond acceptors (Lipinski definition) is 5. The molecule has 0 saturated carbocycles. The molecule has 124 valence electrons. The molecule has 0 amide bonds. The van der Waals surface area contributed by atoms with Crippen LogP contribution in [0.15, 0.2) is 0 Å². The summed E-state index contributed by atoms with van der Waals surface area (Å²) in [6.45, 7) is 9.88. The summed E-state index contributed by atoms with van der Waals surface area (Å²) >= 11 is 0. The monoisotopic (exact) mass is 300 g/mol. The van der Waals surface area contributed by atoms with E-state index in [-0.39, 0.29) is 12.0 Å². The topological polar surface area (TPSA) is 50.8 Å². The molecular weight excluding hydrogens is 268 g/mol. The second-order valence-corrected chi connectivity index (χ2v) is 6.68. The Hall–Kier alpha value is -0.650. The van der Waals surface area contributed by atoms with Gasteiger partial charge in [0.15, 0.2) is 0 Å². The zero-order valence-electron chi connectivity index (χ0n) is 14.4. The van der Waals surface area contributed by atoms with Gasteiger partial charge in [-0.2, -0.15) is 0 Å². The summed E-state index contributed by atoms with van der Waals surface area (Å²) in [5, 5.41) is 3.37. The lowest BCUT2D eigenvalue weighted by Gasteiger charge is -2.40. The van der Waals surface area contributed by atoms with Crippen molar-refractivity contribution in [3.8, 4) is 0 Å². The molecule has 5 nitrogen and oxygen atoms in total. The van der Waals surface area contributed by atoms with Crippen LogP contribution in [0.5, 0.6) is 0 Å². The third kappa shape index (κ3) is 5.24. The van der Waals surface area contributed by atoms with Gasteiger partial charge in [-0.3, -0.25) is 10.1 Å². The van der Waals surface area contributed by atoms with E-state index in [9.17, 15) is 4.79 Å². The zero-order chi connectivity index (χ0) is 16.0. The smallest absolute Gasteiger partial charge is 0.325 e. The lowest BCUT2D eigenvalue weighted by molar-refractivity contribution is -0.149. The van der Waals surface area contributed by atoms with Gasteiger partial charge in [-0.1, -0.05) is 0 Å². The summed E-state index contributed by atoms with van der Waals surface area (Å²) in [5.74, 6) is -0.191. The van der Waals surface area contributed by atoms with Gasteiger partial charge in [0, 0.05) is 31.3 Å². The summed E-state index contributed by atoms with van der Waals surface area (Å²) in [5.41, 5.74) is -0.651. The van der Waals surface area contributed by atoms with Crippen LogP contribution < -0.4 is 5.32 Å². The van der Waals surface area contributed by atoms with Crippen LogP contribution in [0.4, 0.5) is 0 Å². The minimum Gasteiger partial charge on any atom is -0.468 e. The van der Waals surface area contributed by atoms with Gasteiger partial charge in [0.25, 0.3) is 0 Å². The number of methoxy groups -OCH3 is 1. The number of rotatable bonds is 7. The first-order valence-corrected chi connectivity index (χ1v) is 7.96. The second kappa shape index (κ2) is 8.11. The van der Waals surface area contributed by atoms with E-state index in [0.29, 0.717) is 12.1 Å². The number of carbonyl (C=O) groups excluding carboxylic acids is 1. The van der Waals surface area contributed by atoms with E-state index in [0.717, 1.165) is 32.5 Å². The Balaban J connectivity index is 2.70. The van der Waals surface area contributed by atoms with Crippen molar-refractivity contribution >= 4 is 5.97 Å². The number of ether oxygens (including phenoxy) is 2. The molecule has 0 aromatic rings. The van der Waals surface area contributed by atoms with Crippen LogP contribution in [0.2, 0.25) is 0 Å². The Morgan fingerprint density at radius 2 is 1.95 bits per heavy atom. The molecule has 1 fully saturated rings. The summed E-state index contributed by atoms with van der Waals surface area (Å²) < 4.78 is 10.4. The maximum atomic E-state index is 12.2. The maximum absolute atomic E-state index is 12.2. The van der Waals surface area contributed by atoms with Crippen LogP contribution in [0.25, 0.3) is 0 Å².